The van der Waals surface area contributed by atoms with Gasteiger partial charge < -0.3 is 4.90 Å². The first-order valence-electron chi connectivity index (χ1n) is 7.43. The van der Waals surface area contributed by atoms with Crippen molar-refractivity contribution in [2.24, 2.45) is 0 Å². The first-order chi connectivity index (χ1) is 9.65. The average Bonchev–Trinajstić information content (AvgIpc) is 2.60. The molecule has 20 heavy (non-hydrogen) atoms. The van der Waals surface area contributed by atoms with E-state index in [9.17, 15) is 4.79 Å². The van der Waals surface area contributed by atoms with Gasteiger partial charge >= 0.3 is 0 Å². The average molecular weight is 274 g/mol. The standard InChI is InChI=1S/C15H22N4O/c1-18-7-4-8-19(2)13(10-18)15-16-9-11-12(17-15)5-3-6-14(11)20/h9,13H,3-8,10H2,1-2H3. The molecule has 5 nitrogen and oxygen atoms in total. The van der Waals surface area contributed by atoms with Crippen molar-refractivity contribution in [1.29, 1.82) is 0 Å². The van der Waals surface area contributed by atoms with Crippen molar-refractivity contribution < 1.29 is 4.79 Å². The van der Waals surface area contributed by atoms with Crippen molar-refractivity contribution >= 4 is 5.78 Å². The largest absolute Gasteiger partial charge is 0.304 e. The molecule has 1 unspecified atom stereocenters. The first kappa shape index (κ1) is 13.6. The lowest BCUT2D eigenvalue weighted by Gasteiger charge is -2.27. The van der Waals surface area contributed by atoms with Crippen LogP contribution in [0.5, 0.6) is 0 Å². The van der Waals surface area contributed by atoms with Crippen LogP contribution in [0.3, 0.4) is 0 Å². The molecule has 5 heteroatoms. The summed E-state index contributed by atoms with van der Waals surface area (Å²) >= 11 is 0. The molecule has 1 atom stereocenters. The Morgan fingerprint density at radius 2 is 2.05 bits per heavy atom. The topological polar surface area (TPSA) is 49.3 Å². The van der Waals surface area contributed by atoms with Crippen LogP contribution in [-0.2, 0) is 6.42 Å². The van der Waals surface area contributed by atoms with Crippen molar-refractivity contribution in [1.82, 2.24) is 19.8 Å². The number of aryl methyl sites for hydroxylation is 1. The molecule has 108 valence electrons. The lowest BCUT2D eigenvalue weighted by Crippen LogP contribution is -2.32. The van der Waals surface area contributed by atoms with E-state index in [0.29, 0.717) is 6.42 Å². The quantitative estimate of drug-likeness (QED) is 0.772. The molecule has 1 aromatic heterocycles. The second-order valence-electron chi connectivity index (χ2n) is 5.98. The van der Waals surface area contributed by atoms with Crippen LogP contribution in [0.15, 0.2) is 6.20 Å². The minimum absolute atomic E-state index is 0.198. The molecule has 2 aliphatic rings. The molecule has 1 fully saturated rings. The fourth-order valence-electron chi connectivity index (χ4n) is 3.12. The molecule has 1 saturated heterocycles. The predicted molar refractivity (Wildman–Crippen MR) is 76.8 cm³/mol. The van der Waals surface area contributed by atoms with E-state index >= 15 is 0 Å². The summed E-state index contributed by atoms with van der Waals surface area (Å²) in [6.45, 7) is 3.13. The number of fused-ring (bicyclic) bond motifs is 1. The van der Waals surface area contributed by atoms with Crippen LogP contribution in [0.2, 0.25) is 0 Å². The van der Waals surface area contributed by atoms with Crippen LogP contribution in [0.1, 0.15) is 47.2 Å². The van der Waals surface area contributed by atoms with Gasteiger partial charge in [0, 0.05) is 19.2 Å². The number of carbonyl (C=O) groups is 1. The van der Waals surface area contributed by atoms with Crippen molar-refractivity contribution in [3.8, 4) is 0 Å². The zero-order valence-corrected chi connectivity index (χ0v) is 12.3. The van der Waals surface area contributed by atoms with Gasteiger partial charge in [-0.3, -0.25) is 9.69 Å². The number of aromatic nitrogens is 2. The van der Waals surface area contributed by atoms with E-state index in [-0.39, 0.29) is 11.8 Å². The van der Waals surface area contributed by atoms with Crippen LogP contribution < -0.4 is 0 Å². The molecule has 1 aromatic rings. The Bertz CT molecular complexity index is 517. The van der Waals surface area contributed by atoms with Crippen molar-refractivity contribution in [3.63, 3.8) is 0 Å². The molecular formula is C15H22N4O. The molecular weight excluding hydrogens is 252 g/mol. The van der Waals surface area contributed by atoms with Gasteiger partial charge in [-0.25, -0.2) is 9.97 Å². The van der Waals surface area contributed by atoms with Crippen LogP contribution in [-0.4, -0.2) is 59.3 Å². The Morgan fingerprint density at radius 1 is 1.20 bits per heavy atom. The third kappa shape index (κ3) is 2.60. The third-order valence-corrected chi connectivity index (χ3v) is 4.37. The summed E-state index contributed by atoms with van der Waals surface area (Å²) in [5, 5.41) is 0. The summed E-state index contributed by atoms with van der Waals surface area (Å²) in [5.41, 5.74) is 1.69. The van der Waals surface area contributed by atoms with Gasteiger partial charge in [-0.2, -0.15) is 0 Å². The van der Waals surface area contributed by atoms with E-state index < -0.39 is 0 Å². The number of hydrogen-bond donors (Lipinski definition) is 0. The Morgan fingerprint density at radius 3 is 2.90 bits per heavy atom. The highest BCUT2D eigenvalue weighted by atomic mass is 16.1. The summed E-state index contributed by atoms with van der Waals surface area (Å²) in [4.78, 5) is 25.7. The van der Waals surface area contributed by atoms with Gasteiger partial charge in [0.05, 0.1) is 17.3 Å². The van der Waals surface area contributed by atoms with Gasteiger partial charge in [0.1, 0.15) is 5.82 Å². The predicted octanol–water partition coefficient (Wildman–Crippen LogP) is 1.30. The van der Waals surface area contributed by atoms with Crippen LogP contribution in [0.4, 0.5) is 0 Å². The summed E-state index contributed by atoms with van der Waals surface area (Å²) in [6, 6.07) is 0.227. The highest BCUT2D eigenvalue weighted by Gasteiger charge is 2.26. The summed E-state index contributed by atoms with van der Waals surface area (Å²) in [7, 11) is 4.28. The maximum atomic E-state index is 11.8. The van der Waals surface area contributed by atoms with E-state index in [4.69, 9.17) is 4.98 Å². The summed E-state index contributed by atoms with van der Waals surface area (Å²) in [5.74, 6) is 1.07. The van der Waals surface area contributed by atoms with E-state index in [1.165, 1.54) is 6.42 Å². The fourth-order valence-corrected chi connectivity index (χ4v) is 3.12. The molecule has 0 saturated carbocycles. The number of carbonyl (C=O) groups excluding carboxylic acids is 1. The van der Waals surface area contributed by atoms with Gasteiger partial charge in [0.2, 0.25) is 0 Å². The van der Waals surface area contributed by atoms with Crippen molar-refractivity contribution in [2.45, 2.75) is 31.7 Å². The Balaban J connectivity index is 1.91. The molecule has 0 radical (unpaired) electrons. The monoisotopic (exact) mass is 274 g/mol. The molecule has 0 aromatic carbocycles. The van der Waals surface area contributed by atoms with Gasteiger partial charge in [-0.05, 0) is 46.4 Å². The highest BCUT2D eigenvalue weighted by molar-refractivity contribution is 5.97. The second kappa shape index (κ2) is 5.58. The van der Waals surface area contributed by atoms with Gasteiger partial charge in [-0.15, -0.1) is 0 Å². The van der Waals surface area contributed by atoms with E-state index in [1.807, 2.05) is 0 Å². The van der Waals surface area contributed by atoms with Gasteiger partial charge in [0.25, 0.3) is 0 Å². The van der Waals surface area contributed by atoms with Gasteiger partial charge in [-0.1, -0.05) is 0 Å². The molecule has 0 spiro atoms. The second-order valence-corrected chi connectivity index (χ2v) is 5.98. The lowest BCUT2D eigenvalue weighted by molar-refractivity contribution is 0.0970. The minimum atomic E-state index is 0.198. The van der Waals surface area contributed by atoms with Crippen LogP contribution >= 0.6 is 0 Å². The normalized spacial score (nSPS) is 25.3. The van der Waals surface area contributed by atoms with Crippen molar-refractivity contribution in [2.75, 3.05) is 33.7 Å². The van der Waals surface area contributed by atoms with Crippen LogP contribution in [0, 0.1) is 0 Å². The number of rotatable bonds is 1. The molecule has 3 rings (SSSR count). The SMILES string of the molecule is CN1CCCN(C)C(c2ncc3c(n2)CCCC3=O)C1. The van der Waals surface area contributed by atoms with Crippen LogP contribution in [0.25, 0.3) is 0 Å². The number of likely N-dealkylation sites (N-methyl/N-ethyl adjacent to an activating group) is 2. The van der Waals surface area contributed by atoms with E-state index in [0.717, 1.165) is 49.6 Å². The van der Waals surface area contributed by atoms with E-state index in [1.54, 1.807) is 6.20 Å². The summed E-state index contributed by atoms with van der Waals surface area (Å²) in [6.07, 6.45) is 5.39. The van der Waals surface area contributed by atoms with E-state index in [2.05, 4.69) is 28.9 Å². The highest BCUT2D eigenvalue weighted by Crippen LogP contribution is 2.24. The first-order valence-corrected chi connectivity index (χ1v) is 7.43. The lowest BCUT2D eigenvalue weighted by atomic mass is 9.96. The molecule has 0 amide bonds. The number of Topliss-reactive ketones (excluding diaryl/α,β-unsaturated/α-hetero) is 1. The summed E-state index contributed by atoms with van der Waals surface area (Å²) < 4.78 is 0. The number of hydrogen-bond acceptors (Lipinski definition) is 5. The molecule has 0 bridgehead atoms. The smallest absolute Gasteiger partial charge is 0.166 e. The van der Waals surface area contributed by atoms with Gasteiger partial charge in [0.15, 0.2) is 5.78 Å². The minimum Gasteiger partial charge on any atom is -0.304 e. The molecule has 1 aliphatic heterocycles. The zero-order valence-electron chi connectivity index (χ0n) is 12.3. The maximum Gasteiger partial charge on any atom is 0.166 e. The molecule has 0 N–H and O–H groups in total. The maximum absolute atomic E-state index is 11.8. The Kier molecular flexibility index (Phi) is 3.81. The third-order valence-electron chi connectivity index (χ3n) is 4.37. The molecule has 1 aliphatic carbocycles. The van der Waals surface area contributed by atoms with Crippen molar-refractivity contribution in [3.05, 3.63) is 23.3 Å². The number of nitrogens with zero attached hydrogens (tertiary/aromatic N) is 4. The Labute approximate surface area is 120 Å². The fraction of sp³-hybridized carbons (Fsp3) is 0.667. The zero-order chi connectivity index (χ0) is 14.1. The Hall–Kier alpha value is -1.33. The molecule has 2 heterocycles. The number of ketones is 1.